The fraction of sp³-hybridized carbons (Fsp3) is 0.400. The number of aliphatic hydroxyl groups is 1. The van der Waals surface area contributed by atoms with Gasteiger partial charge in [-0.05, 0) is 19.2 Å². The van der Waals surface area contributed by atoms with Crippen LogP contribution >= 0.6 is 11.6 Å². The van der Waals surface area contributed by atoms with Crippen LogP contribution in [-0.2, 0) is 5.60 Å². The van der Waals surface area contributed by atoms with Crippen LogP contribution in [0.3, 0.4) is 0 Å². The number of halogens is 2. The Bertz CT molecular complexity index is 993. The van der Waals surface area contributed by atoms with Gasteiger partial charge in [-0.2, -0.15) is 0 Å². The van der Waals surface area contributed by atoms with E-state index in [0.29, 0.717) is 32.9 Å². The van der Waals surface area contributed by atoms with Gasteiger partial charge in [0.1, 0.15) is 11.2 Å². The van der Waals surface area contributed by atoms with Gasteiger partial charge < -0.3 is 15.0 Å². The number of likely N-dealkylation sites (tertiary alicyclic amines) is 1. The predicted molar refractivity (Wildman–Crippen MR) is 104 cm³/mol. The first kappa shape index (κ1) is 18.3. The number of nitrogens with one attached hydrogen (secondary N) is 1. The molecule has 3 aromatic rings. The molecule has 0 aromatic carbocycles. The van der Waals surface area contributed by atoms with E-state index in [4.69, 9.17) is 11.6 Å². The molecule has 1 fully saturated rings. The summed E-state index contributed by atoms with van der Waals surface area (Å²) < 4.78 is 14.2. The van der Waals surface area contributed by atoms with Gasteiger partial charge in [0, 0.05) is 54.6 Å². The van der Waals surface area contributed by atoms with Crippen LogP contribution in [-0.4, -0.2) is 45.1 Å². The maximum absolute atomic E-state index is 14.2. The van der Waals surface area contributed by atoms with Gasteiger partial charge in [0.15, 0.2) is 5.82 Å². The Labute approximate surface area is 162 Å². The van der Waals surface area contributed by atoms with E-state index in [1.807, 2.05) is 13.8 Å². The van der Waals surface area contributed by atoms with Crippen molar-refractivity contribution in [1.82, 2.24) is 19.9 Å². The smallest absolute Gasteiger partial charge is 0.150 e. The minimum atomic E-state index is -1.05. The maximum atomic E-state index is 14.2. The predicted octanol–water partition coefficient (Wildman–Crippen LogP) is 3.82. The van der Waals surface area contributed by atoms with Crippen molar-refractivity contribution in [3.05, 3.63) is 47.1 Å². The molecule has 4 heterocycles. The van der Waals surface area contributed by atoms with Crippen molar-refractivity contribution < 1.29 is 9.50 Å². The Morgan fingerprint density at radius 3 is 2.67 bits per heavy atom. The summed E-state index contributed by atoms with van der Waals surface area (Å²) in [5.41, 5.74) is 1.20. The quantitative estimate of drug-likeness (QED) is 0.700. The molecule has 142 valence electrons. The van der Waals surface area contributed by atoms with E-state index in [1.165, 1.54) is 6.20 Å². The number of piperidine rings is 1. The van der Waals surface area contributed by atoms with Crippen LogP contribution in [0.1, 0.15) is 19.4 Å². The van der Waals surface area contributed by atoms with Gasteiger partial charge in [-0.3, -0.25) is 4.98 Å². The number of nitrogens with zero attached hydrogens (tertiary/aromatic N) is 3. The summed E-state index contributed by atoms with van der Waals surface area (Å²) >= 11 is 6.60. The molecule has 0 radical (unpaired) electrons. The summed E-state index contributed by atoms with van der Waals surface area (Å²) in [5, 5.41) is 12.3. The highest BCUT2D eigenvalue weighted by Crippen LogP contribution is 2.44. The average molecular weight is 389 g/mol. The molecule has 1 unspecified atom stereocenters. The number of fused-ring (bicyclic) bond motifs is 1. The Balaban J connectivity index is 1.80. The number of aromatic amines is 1. The van der Waals surface area contributed by atoms with Gasteiger partial charge in [0.05, 0.1) is 16.1 Å². The van der Waals surface area contributed by atoms with Crippen molar-refractivity contribution in [2.24, 2.45) is 11.8 Å². The van der Waals surface area contributed by atoms with E-state index in [-0.39, 0.29) is 17.7 Å². The standard InChI is InChI=1S/C20H22ClFN4O/c1-11-9-26(3)10-12(2)20(11,27)14-7-24-17(6-15(14)21)13-4-5-23-19-18(13)16(22)8-25-19/h4-8,11-12,27H,9-10H2,1-3H3,(H,23,25)/t11-,12+,20?. The summed E-state index contributed by atoms with van der Waals surface area (Å²) in [6.45, 7) is 5.60. The van der Waals surface area contributed by atoms with Gasteiger partial charge in [-0.1, -0.05) is 25.4 Å². The van der Waals surface area contributed by atoms with Crippen LogP contribution in [0.2, 0.25) is 5.02 Å². The van der Waals surface area contributed by atoms with Crippen LogP contribution in [0.4, 0.5) is 4.39 Å². The molecular formula is C20H22ClFN4O. The molecule has 27 heavy (non-hydrogen) atoms. The summed E-state index contributed by atoms with van der Waals surface area (Å²) in [7, 11) is 2.05. The SMILES string of the molecule is C[C@@H]1CN(C)C[C@H](C)C1(O)c1cnc(-c2ccnc3[nH]cc(F)c23)cc1Cl. The minimum absolute atomic E-state index is 0.00569. The van der Waals surface area contributed by atoms with Crippen LogP contribution in [0.25, 0.3) is 22.3 Å². The van der Waals surface area contributed by atoms with Gasteiger partial charge >= 0.3 is 0 Å². The van der Waals surface area contributed by atoms with Gasteiger partial charge in [0.2, 0.25) is 0 Å². The van der Waals surface area contributed by atoms with E-state index in [2.05, 4.69) is 26.9 Å². The normalized spacial score (nSPS) is 26.6. The van der Waals surface area contributed by atoms with Gasteiger partial charge in [0.25, 0.3) is 0 Å². The lowest BCUT2D eigenvalue weighted by molar-refractivity contribution is -0.108. The number of aromatic nitrogens is 3. The molecule has 3 aromatic heterocycles. The zero-order chi connectivity index (χ0) is 19.3. The molecule has 0 amide bonds. The monoisotopic (exact) mass is 388 g/mol. The molecular weight excluding hydrogens is 367 g/mol. The molecule has 1 aliphatic rings. The second kappa shape index (κ2) is 6.55. The highest BCUT2D eigenvalue weighted by atomic mass is 35.5. The average Bonchev–Trinajstić information content (AvgIpc) is 3.01. The molecule has 1 saturated heterocycles. The van der Waals surface area contributed by atoms with E-state index in [9.17, 15) is 9.50 Å². The van der Waals surface area contributed by atoms with E-state index >= 15 is 0 Å². The Kier molecular flexibility index (Phi) is 4.45. The van der Waals surface area contributed by atoms with E-state index in [1.54, 1.807) is 24.5 Å². The first-order valence-electron chi connectivity index (χ1n) is 9.01. The molecule has 3 atom stereocenters. The van der Waals surface area contributed by atoms with Crippen molar-refractivity contribution in [2.45, 2.75) is 19.4 Å². The van der Waals surface area contributed by atoms with Crippen LogP contribution in [0.5, 0.6) is 0 Å². The summed E-state index contributed by atoms with van der Waals surface area (Å²) in [6.07, 6.45) is 4.51. The first-order valence-corrected chi connectivity index (χ1v) is 9.39. The third kappa shape index (κ3) is 2.83. The largest absolute Gasteiger partial charge is 0.384 e. The zero-order valence-corrected chi connectivity index (χ0v) is 16.3. The molecule has 4 rings (SSSR count). The van der Waals surface area contributed by atoms with Crippen LogP contribution in [0.15, 0.2) is 30.7 Å². The molecule has 0 aliphatic carbocycles. The first-order chi connectivity index (χ1) is 12.8. The molecule has 0 saturated carbocycles. The number of rotatable bonds is 2. The van der Waals surface area contributed by atoms with Gasteiger partial charge in [-0.15, -0.1) is 0 Å². The van der Waals surface area contributed by atoms with Crippen molar-refractivity contribution in [3.63, 3.8) is 0 Å². The highest BCUT2D eigenvalue weighted by molar-refractivity contribution is 6.31. The second-order valence-corrected chi connectivity index (χ2v) is 8.02. The lowest BCUT2D eigenvalue weighted by atomic mass is 9.71. The van der Waals surface area contributed by atoms with E-state index < -0.39 is 5.60 Å². The highest BCUT2D eigenvalue weighted by Gasteiger charge is 2.46. The van der Waals surface area contributed by atoms with Crippen LogP contribution in [0, 0.1) is 17.7 Å². The Morgan fingerprint density at radius 1 is 1.30 bits per heavy atom. The number of pyridine rings is 2. The second-order valence-electron chi connectivity index (χ2n) is 7.62. The number of H-pyrrole nitrogens is 1. The molecule has 0 bridgehead atoms. The van der Waals surface area contributed by atoms with E-state index in [0.717, 1.165) is 13.1 Å². The third-order valence-corrected chi connectivity index (χ3v) is 6.07. The molecule has 1 aliphatic heterocycles. The zero-order valence-electron chi connectivity index (χ0n) is 15.5. The summed E-state index contributed by atoms with van der Waals surface area (Å²) in [4.78, 5) is 13.7. The van der Waals surface area contributed by atoms with Crippen molar-refractivity contribution in [3.8, 4) is 11.3 Å². The molecule has 7 heteroatoms. The van der Waals surface area contributed by atoms with Gasteiger partial charge in [-0.25, -0.2) is 9.37 Å². The molecule has 0 spiro atoms. The fourth-order valence-electron chi connectivity index (χ4n) is 4.41. The number of hydrogen-bond donors (Lipinski definition) is 2. The Hall–Kier alpha value is -2.02. The molecule has 5 nitrogen and oxygen atoms in total. The van der Waals surface area contributed by atoms with Crippen molar-refractivity contribution >= 4 is 22.6 Å². The molecule has 2 N–H and O–H groups in total. The third-order valence-electron chi connectivity index (χ3n) is 5.76. The Morgan fingerprint density at radius 2 is 2.00 bits per heavy atom. The summed E-state index contributed by atoms with van der Waals surface area (Å²) in [5.74, 6) is -0.372. The minimum Gasteiger partial charge on any atom is -0.384 e. The lowest BCUT2D eigenvalue weighted by Crippen LogP contribution is -2.53. The van der Waals surface area contributed by atoms with Crippen molar-refractivity contribution in [1.29, 1.82) is 0 Å². The fourth-order valence-corrected chi connectivity index (χ4v) is 4.71. The van der Waals surface area contributed by atoms with Crippen molar-refractivity contribution in [2.75, 3.05) is 20.1 Å². The number of hydrogen-bond acceptors (Lipinski definition) is 4. The topological polar surface area (TPSA) is 65.0 Å². The maximum Gasteiger partial charge on any atom is 0.150 e. The lowest BCUT2D eigenvalue weighted by Gasteiger charge is -2.47. The van der Waals surface area contributed by atoms with Crippen LogP contribution < -0.4 is 0 Å². The summed E-state index contributed by atoms with van der Waals surface area (Å²) in [6, 6.07) is 3.42.